The molecule has 1 atom stereocenters. The molecule has 18 heavy (non-hydrogen) atoms. The first kappa shape index (κ1) is 11.4. The van der Waals surface area contributed by atoms with Crippen molar-refractivity contribution in [1.82, 2.24) is 19.6 Å². The third-order valence-corrected chi connectivity index (χ3v) is 3.97. The van der Waals surface area contributed by atoms with E-state index in [2.05, 4.69) is 27.4 Å². The van der Waals surface area contributed by atoms with Gasteiger partial charge in [-0.15, -0.1) is 10.2 Å². The Balaban J connectivity index is 1.85. The molecule has 1 aliphatic carbocycles. The van der Waals surface area contributed by atoms with Crippen molar-refractivity contribution in [1.29, 1.82) is 0 Å². The first-order valence-corrected chi connectivity index (χ1v) is 6.68. The number of nitrogens with one attached hydrogen (secondary N) is 1. The number of nitrogens with zero attached hydrogens (tertiary/aromatic N) is 4. The van der Waals surface area contributed by atoms with E-state index in [-0.39, 0.29) is 0 Å². The minimum absolute atomic E-state index is 0.447. The van der Waals surface area contributed by atoms with Gasteiger partial charge in [0.15, 0.2) is 5.82 Å². The van der Waals surface area contributed by atoms with Gasteiger partial charge in [0.2, 0.25) is 5.65 Å². The van der Waals surface area contributed by atoms with E-state index in [0.717, 1.165) is 23.2 Å². The molecule has 0 saturated heterocycles. The molecule has 1 aliphatic rings. The molecule has 3 rings (SSSR count). The fourth-order valence-corrected chi connectivity index (χ4v) is 2.83. The highest BCUT2D eigenvalue weighted by atomic mass is 15.3. The van der Waals surface area contributed by atoms with E-state index in [0.29, 0.717) is 6.04 Å². The van der Waals surface area contributed by atoms with Gasteiger partial charge in [-0.3, -0.25) is 4.40 Å². The third kappa shape index (κ3) is 1.94. The van der Waals surface area contributed by atoms with Crippen molar-refractivity contribution in [2.75, 3.05) is 5.32 Å². The first-order valence-electron chi connectivity index (χ1n) is 6.68. The maximum absolute atomic E-state index is 4.40. The molecule has 0 amide bonds. The number of aryl methyl sites for hydroxylation is 1. The Labute approximate surface area is 107 Å². The number of rotatable bonds is 3. The number of aromatic nitrogens is 4. The molecule has 96 valence electrons. The highest BCUT2D eigenvalue weighted by Crippen LogP contribution is 2.29. The molecule has 0 spiro atoms. The maximum atomic E-state index is 4.40. The van der Waals surface area contributed by atoms with E-state index in [1.165, 1.54) is 25.7 Å². The van der Waals surface area contributed by atoms with Crippen LogP contribution < -0.4 is 5.32 Å². The number of anilines is 1. The quantitative estimate of drug-likeness (QED) is 0.902. The van der Waals surface area contributed by atoms with Gasteiger partial charge in [0, 0.05) is 18.4 Å². The molecule has 1 fully saturated rings. The average molecular weight is 245 g/mol. The van der Waals surface area contributed by atoms with Crippen molar-refractivity contribution in [3.63, 3.8) is 0 Å². The van der Waals surface area contributed by atoms with Gasteiger partial charge in [0.1, 0.15) is 5.82 Å². The molecular weight excluding hydrogens is 226 g/mol. The lowest BCUT2D eigenvalue weighted by Gasteiger charge is -2.20. The van der Waals surface area contributed by atoms with Crippen LogP contribution in [0.4, 0.5) is 5.82 Å². The molecule has 0 aromatic carbocycles. The van der Waals surface area contributed by atoms with Gasteiger partial charge in [-0.2, -0.15) is 0 Å². The molecule has 0 aliphatic heterocycles. The highest BCUT2D eigenvalue weighted by Gasteiger charge is 2.22. The van der Waals surface area contributed by atoms with Crippen LogP contribution >= 0.6 is 0 Å². The topological polar surface area (TPSA) is 55.1 Å². The summed E-state index contributed by atoms with van der Waals surface area (Å²) in [6, 6.07) is 0.447. The van der Waals surface area contributed by atoms with Crippen LogP contribution in [0.25, 0.3) is 5.65 Å². The predicted octanol–water partition coefficient (Wildman–Crippen LogP) is 2.42. The Kier molecular flexibility index (Phi) is 2.89. The van der Waals surface area contributed by atoms with Gasteiger partial charge in [-0.05, 0) is 32.6 Å². The second kappa shape index (κ2) is 4.55. The number of hydrogen-bond donors (Lipinski definition) is 1. The van der Waals surface area contributed by atoms with Gasteiger partial charge in [-0.25, -0.2) is 4.98 Å². The zero-order chi connectivity index (χ0) is 12.5. The lowest BCUT2D eigenvalue weighted by molar-refractivity contribution is 0.481. The van der Waals surface area contributed by atoms with E-state index in [9.17, 15) is 0 Å². The molecule has 0 bridgehead atoms. The summed E-state index contributed by atoms with van der Waals surface area (Å²) in [4.78, 5) is 4.40. The molecule has 2 heterocycles. The minimum Gasteiger partial charge on any atom is -0.364 e. The molecule has 1 unspecified atom stereocenters. The zero-order valence-electron chi connectivity index (χ0n) is 10.9. The second-order valence-electron chi connectivity index (χ2n) is 5.19. The molecule has 5 nitrogen and oxygen atoms in total. The van der Waals surface area contributed by atoms with E-state index < -0.39 is 0 Å². The van der Waals surface area contributed by atoms with Crippen molar-refractivity contribution in [2.24, 2.45) is 5.92 Å². The lowest BCUT2D eigenvalue weighted by Crippen LogP contribution is -2.24. The maximum Gasteiger partial charge on any atom is 0.203 e. The Bertz CT molecular complexity index is 541. The Morgan fingerprint density at radius 1 is 1.33 bits per heavy atom. The van der Waals surface area contributed by atoms with Gasteiger partial charge in [0.05, 0.1) is 0 Å². The third-order valence-electron chi connectivity index (χ3n) is 3.97. The molecule has 1 saturated carbocycles. The Morgan fingerprint density at radius 2 is 2.11 bits per heavy atom. The first-order chi connectivity index (χ1) is 8.75. The monoisotopic (exact) mass is 245 g/mol. The van der Waals surface area contributed by atoms with Crippen LogP contribution in [-0.2, 0) is 0 Å². The van der Waals surface area contributed by atoms with Crippen LogP contribution in [0.1, 0.15) is 38.4 Å². The fraction of sp³-hybridized carbons (Fsp3) is 0.615. The summed E-state index contributed by atoms with van der Waals surface area (Å²) in [5.74, 6) is 2.50. The minimum atomic E-state index is 0.447. The van der Waals surface area contributed by atoms with Crippen LogP contribution in [0, 0.1) is 12.8 Å². The molecule has 0 radical (unpaired) electrons. The van der Waals surface area contributed by atoms with Crippen molar-refractivity contribution in [3.05, 3.63) is 18.2 Å². The zero-order valence-corrected chi connectivity index (χ0v) is 10.9. The summed E-state index contributed by atoms with van der Waals surface area (Å²) in [5.41, 5.74) is 0.819. The van der Waals surface area contributed by atoms with Crippen LogP contribution in [0.15, 0.2) is 12.4 Å². The van der Waals surface area contributed by atoms with E-state index in [1.807, 2.05) is 17.5 Å². The van der Waals surface area contributed by atoms with Crippen molar-refractivity contribution in [2.45, 2.75) is 45.6 Å². The number of fused-ring (bicyclic) bond motifs is 1. The lowest BCUT2D eigenvalue weighted by atomic mass is 10.00. The molecule has 5 heteroatoms. The second-order valence-corrected chi connectivity index (χ2v) is 5.19. The molecule has 2 aromatic heterocycles. The molecular formula is C13H19N5. The summed E-state index contributed by atoms with van der Waals surface area (Å²) < 4.78 is 1.97. The van der Waals surface area contributed by atoms with Gasteiger partial charge < -0.3 is 5.32 Å². The van der Waals surface area contributed by atoms with Crippen LogP contribution in [-0.4, -0.2) is 25.6 Å². The van der Waals surface area contributed by atoms with E-state index in [1.54, 1.807) is 6.20 Å². The summed E-state index contributed by atoms with van der Waals surface area (Å²) in [5, 5.41) is 11.8. The van der Waals surface area contributed by atoms with Crippen molar-refractivity contribution in [3.8, 4) is 0 Å². The van der Waals surface area contributed by atoms with Crippen LogP contribution in [0.5, 0.6) is 0 Å². The SMILES string of the molecule is Cc1nnc2c(NC(C)C3CCCC3)nccn12. The highest BCUT2D eigenvalue weighted by molar-refractivity contribution is 5.62. The predicted molar refractivity (Wildman–Crippen MR) is 70.6 cm³/mol. The van der Waals surface area contributed by atoms with Crippen LogP contribution in [0.2, 0.25) is 0 Å². The Hall–Kier alpha value is -1.65. The summed E-state index contributed by atoms with van der Waals surface area (Å²) in [6.07, 6.45) is 9.06. The summed E-state index contributed by atoms with van der Waals surface area (Å²) >= 11 is 0. The van der Waals surface area contributed by atoms with Gasteiger partial charge >= 0.3 is 0 Å². The van der Waals surface area contributed by atoms with Crippen LogP contribution in [0.3, 0.4) is 0 Å². The Morgan fingerprint density at radius 3 is 2.89 bits per heavy atom. The normalized spacial score (nSPS) is 18.3. The van der Waals surface area contributed by atoms with E-state index in [4.69, 9.17) is 0 Å². The molecule has 2 aromatic rings. The standard InChI is InChI=1S/C13H19N5/c1-9(11-5-3-4-6-11)15-12-13-17-16-10(2)18(13)8-7-14-12/h7-9,11H,3-6H2,1-2H3,(H,14,15). The van der Waals surface area contributed by atoms with Gasteiger partial charge in [-0.1, -0.05) is 12.8 Å². The van der Waals surface area contributed by atoms with Crippen molar-refractivity contribution >= 4 is 11.5 Å². The van der Waals surface area contributed by atoms with Gasteiger partial charge in [0.25, 0.3) is 0 Å². The van der Waals surface area contributed by atoms with E-state index >= 15 is 0 Å². The fourth-order valence-electron chi connectivity index (χ4n) is 2.83. The van der Waals surface area contributed by atoms with Crippen molar-refractivity contribution < 1.29 is 0 Å². The summed E-state index contributed by atoms with van der Waals surface area (Å²) in [6.45, 7) is 4.19. The molecule has 1 N–H and O–H groups in total. The smallest absolute Gasteiger partial charge is 0.203 e. The summed E-state index contributed by atoms with van der Waals surface area (Å²) in [7, 11) is 0. The largest absolute Gasteiger partial charge is 0.364 e. The number of hydrogen-bond acceptors (Lipinski definition) is 4. The average Bonchev–Trinajstić information content (AvgIpc) is 3.00.